The average molecular weight is 357 g/mol. The molecule has 0 heterocycles. The number of carbonyl (C=O) groups excluding carboxylic acids is 2. The van der Waals surface area contributed by atoms with Crippen molar-refractivity contribution in [2.45, 2.75) is 6.18 Å². The van der Waals surface area contributed by atoms with E-state index in [0.29, 0.717) is 0 Å². The molecule has 0 spiro atoms. The predicted molar refractivity (Wildman–Crippen MR) is 83.9 cm³/mol. The molecule has 2 aromatic carbocycles. The summed E-state index contributed by atoms with van der Waals surface area (Å²) in [4.78, 5) is 23.6. The van der Waals surface area contributed by atoms with E-state index in [2.05, 4.69) is 10.6 Å². The summed E-state index contributed by atoms with van der Waals surface area (Å²) in [7, 11) is 0. The van der Waals surface area contributed by atoms with Gasteiger partial charge in [-0.1, -0.05) is 29.8 Å². The molecule has 2 amide bonds. The summed E-state index contributed by atoms with van der Waals surface area (Å²) in [6.45, 7) is -0.402. The first-order valence-electron chi connectivity index (χ1n) is 6.77. The number of hydrogen-bond acceptors (Lipinski definition) is 2. The third kappa shape index (κ3) is 4.73. The fraction of sp³-hybridized carbons (Fsp3) is 0.125. The number of alkyl halides is 3. The molecule has 0 aliphatic rings. The molecule has 4 nitrogen and oxygen atoms in total. The first kappa shape index (κ1) is 17.8. The lowest BCUT2D eigenvalue weighted by molar-refractivity contribution is -0.137. The minimum absolute atomic E-state index is 0.0122. The van der Waals surface area contributed by atoms with Crippen molar-refractivity contribution < 1.29 is 22.8 Å². The van der Waals surface area contributed by atoms with Crippen LogP contribution < -0.4 is 10.6 Å². The molecule has 2 aromatic rings. The number of rotatable bonds is 4. The third-order valence-corrected chi connectivity index (χ3v) is 3.33. The molecule has 0 atom stereocenters. The zero-order valence-electron chi connectivity index (χ0n) is 12.2. The van der Waals surface area contributed by atoms with Crippen molar-refractivity contribution in [2.24, 2.45) is 0 Å². The molecule has 0 fully saturated rings. The molecule has 2 rings (SSSR count). The normalized spacial score (nSPS) is 11.0. The van der Waals surface area contributed by atoms with Crippen LogP contribution in [0.4, 0.5) is 18.9 Å². The van der Waals surface area contributed by atoms with Crippen molar-refractivity contribution in [3.8, 4) is 0 Å². The second kappa shape index (κ2) is 7.35. The second-order valence-corrected chi connectivity index (χ2v) is 5.20. The quantitative estimate of drug-likeness (QED) is 0.877. The van der Waals surface area contributed by atoms with E-state index in [0.717, 1.165) is 12.1 Å². The van der Waals surface area contributed by atoms with Crippen LogP contribution in [0.3, 0.4) is 0 Å². The maximum Gasteiger partial charge on any atom is 0.416 e. The van der Waals surface area contributed by atoms with Gasteiger partial charge in [0.1, 0.15) is 0 Å². The van der Waals surface area contributed by atoms with Crippen LogP contribution in [0, 0.1) is 0 Å². The van der Waals surface area contributed by atoms with E-state index < -0.39 is 30.1 Å². The number of halogens is 4. The Kier molecular flexibility index (Phi) is 5.46. The molecular formula is C16H12ClF3N2O2. The van der Waals surface area contributed by atoms with Gasteiger partial charge in [-0.15, -0.1) is 0 Å². The highest BCUT2D eigenvalue weighted by molar-refractivity contribution is 6.33. The summed E-state index contributed by atoms with van der Waals surface area (Å²) >= 11 is 5.86. The maximum absolute atomic E-state index is 12.6. The Balaban J connectivity index is 1.95. The summed E-state index contributed by atoms with van der Waals surface area (Å²) < 4.78 is 37.8. The number of carbonyl (C=O) groups is 2. The van der Waals surface area contributed by atoms with Gasteiger partial charge in [0.05, 0.1) is 22.7 Å². The number of anilines is 1. The molecule has 0 bridgehead atoms. The predicted octanol–water partition coefficient (Wildman–Crippen LogP) is 3.73. The van der Waals surface area contributed by atoms with Crippen LogP contribution in [0.15, 0.2) is 48.5 Å². The summed E-state index contributed by atoms with van der Waals surface area (Å²) in [6, 6.07) is 10.5. The van der Waals surface area contributed by atoms with Crippen molar-refractivity contribution >= 4 is 29.1 Å². The molecule has 0 aromatic heterocycles. The lowest BCUT2D eigenvalue weighted by Gasteiger charge is -2.10. The van der Waals surface area contributed by atoms with Gasteiger partial charge < -0.3 is 10.6 Å². The first-order valence-corrected chi connectivity index (χ1v) is 7.15. The molecule has 0 aliphatic heterocycles. The molecule has 0 unspecified atom stereocenters. The SMILES string of the molecule is O=C(CNC(=O)c1ccccc1Cl)Nc1cccc(C(F)(F)F)c1. The van der Waals surface area contributed by atoms with Gasteiger partial charge in [-0.2, -0.15) is 13.2 Å². The van der Waals surface area contributed by atoms with Gasteiger partial charge >= 0.3 is 6.18 Å². The number of nitrogens with one attached hydrogen (secondary N) is 2. The zero-order valence-corrected chi connectivity index (χ0v) is 12.9. The summed E-state index contributed by atoms with van der Waals surface area (Å²) in [6.07, 6.45) is -4.50. The highest BCUT2D eigenvalue weighted by Gasteiger charge is 2.30. The van der Waals surface area contributed by atoms with Crippen LogP contribution in [-0.2, 0) is 11.0 Å². The van der Waals surface area contributed by atoms with Gasteiger partial charge in [-0.3, -0.25) is 9.59 Å². The van der Waals surface area contributed by atoms with Crippen LogP contribution in [0.2, 0.25) is 5.02 Å². The standard InChI is InChI=1S/C16H12ClF3N2O2/c17-13-7-2-1-6-12(13)15(24)21-9-14(23)22-11-5-3-4-10(8-11)16(18,19)20/h1-8H,9H2,(H,21,24)(H,22,23). The molecule has 8 heteroatoms. The van der Waals surface area contributed by atoms with E-state index in [1.54, 1.807) is 12.1 Å². The van der Waals surface area contributed by atoms with E-state index >= 15 is 0 Å². The van der Waals surface area contributed by atoms with Crippen molar-refractivity contribution in [2.75, 3.05) is 11.9 Å². The molecule has 0 saturated heterocycles. The van der Waals surface area contributed by atoms with Crippen molar-refractivity contribution in [3.05, 3.63) is 64.7 Å². The molecule has 2 N–H and O–H groups in total. The summed E-state index contributed by atoms with van der Waals surface area (Å²) in [5, 5.41) is 4.87. The summed E-state index contributed by atoms with van der Waals surface area (Å²) in [5.41, 5.74) is -0.687. The minimum atomic E-state index is -4.50. The van der Waals surface area contributed by atoms with Crippen LogP contribution in [0.5, 0.6) is 0 Å². The van der Waals surface area contributed by atoms with Gasteiger partial charge in [0.2, 0.25) is 5.91 Å². The molecular weight excluding hydrogens is 345 g/mol. The highest BCUT2D eigenvalue weighted by atomic mass is 35.5. The van der Waals surface area contributed by atoms with E-state index in [1.165, 1.54) is 24.3 Å². The molecule has 24 heavy (non-hydrogen) atoms. The van der Waals surface area contributed by atoms with Gasteiger partial charge in [0.15, 0.2) is 0 Å². The van der Waals surface area contributed by atoms with Crippen molar-refractivity contribution in [3.63, 3.8) is 0 Å². The Morgan fingerprint density at radius 3 is 2.42 bits per heavy atom. The topological polar surface area (TPSA) is 58.2 Å². The van der Waals surface area contributed by atoms with E-state index in [1.807, 2.05) is 0 Å². The second-order valence-electron chi connectivity index (χ2n) is 4.79. The van der Waals surface area contributed by atoms with Crippen molar-refractivity contribution in [1.82, 2.24) is 5.32 Å². The third-order valence-electron chi connectivity index (χ3n) is 3.00. The Hall–Kier alpha value is -2.54. The Morgan fingerprint density at radius 1 is 1.04 bits per heavy atom. The lowest BCUT2D eigenvalue weighted by Crippen LogP contribution is -2.33. The molecule has 0 aliphatic carbocycles. The highest BCUT2D eigenvalue weighted by Crippen LogP contribution is 2.30. The fourth-order valence-corrected chi connectivity index (χ4v) is 2.10. The maximum atomic E-state index is 12.6. The average Bonchev–Trinajstić information content (AvgIpc) is 2.52. The molecule has 0 radical (unpaired) electrons. The van der Waals surface area contributed by atoms with Crippen LogP contribution in [0.25, 0.3) is 0 Å². The van der Waals surface area contributed by atoms with Gasteiger partial charge in [-0.25, -0.2) is 0 Å². The molecule has 0 saturated carbocycles. The Labute approximate surface area is 140 Å². The van der Waals surface area contributed by atoms with E-state index in [4.69, 9.17) is 11.6 Å². The van der Waals surface area contributed by atoms with E-state index in [9.17, 15) is 22.8 Å². The Bertz CT molecular complexity index is 763. The fourth-order valence-electron chi connectivity index (χ4n) is 1.88. The van der Waals surface area contributed by atoms with E-state index in [-0.39, 0.29) is 16.3 Å². The lowest BCUT2D eigenvalue weighted by atomic mass is 10.2. The number of amides is 2. The monoisotopic (exact) mass is 356 g/mol. The van der Waals surface area contributed by atoms with Crippen LogP contribution in [0.1, 0.15) is 15.9 Å². The zero-order chi connectivity index (χ0) is 17.7. The number of hydrogen-bond donors (Lipinski definition) is 2. The largest absolute Gasteiger partial charge is 0.416 e. The van der Waals surface area contributed by atoms with Crippen LogP contribution in [-0.4, -0.2) is 18.4 Å². The summed E-state index contributed by atoms with van der Waals surface area (Å²) in [5.74, 6) is -1.21. The van der Waals surface area contributed by atoms with Crippen LogP contribution >= 0.6 is 11.6 Å². The van der Waals surface area contributed by atoms with Gasteiger partial charge in [0.25, 0.3) is 5.91 Å². The smallest absolute Gasteiger partial charge is 0.343 e. The minimum Gasteiger partial charge on any atom is -0.343 e. The molecule has 126 valence electrons. The number of benzene rings is 2. The van der Waals surface area contributed by atoms with Gasteiger partial charge in [0, 0.05) is 5.69 Å². The van der Waals surface area contributed by atoms with Crippen molar-refractivity contribution in [1.29, 1.82) is 0 Å². The Morgan fingerprint density at radius 2 is 1.75 bits per heavy atom. The first-order chi connectivity index (χ1) is 11.3. The van der Waals surface area contributed by atoms with Gasteiger partial charge in [-0.05, 0) is 30.3 Å².